The highest BCUT2D eigenvalue weighted by molar-refractivity contribution is 7.99. The number of hydrogen-bond donors (Lipinski definition) is 1. The van der Waals surface area contributed by atoms with Crippen molar-refractivity contribution < 1.29 is 14.0 Å². The van der Waals surface area contributed by atoms with Gasteiger partial charge in [0.25, 0.3) is 0 Å². The Balaban J connectivity index is 1.72. The summed E-state index contributed by atoms with van der Waals surface area (Å²) >= 11 is 1.50. The van der Waals surface area contributed by atoms with E-state index < -0.39 is 17.9 Å². The van der Waals surface area contributed by atoms with Crippen LogP contribution in [0, 0.1) is 5.82 Å². The molecule has 1 N–H and O–H groups in total. The summed E-state index contributed by atoms with van der Waals surface area (Å²) in [7, 11) is 0. The SMILES string of the molecule is CC(C(=O)N1CSCC1C(=O)Nc1ccccc1F)n1ccnc1. The van der Waals surface area contributed by atoms with Crippen molar-refractivity contribution in [3.05, 3.63) is 48.8 Å². The predicted molar refractivity (Wildman–Crippen MR) is 89.9 cm³/mol. The lowest BCUT2D eigenvalue weighted by molar-refractivity contribution is -0.138. The maximum absolute atomic E-state index is 13.7. The molecule has 2 amide bonds. The molecule has 0 aliphatic carbocycles. The summed E-state index contributed by atoms with van der Waals surface area (Å²) in [5, 5.41) is 2.57. The minimum atomic E-state index is -0.618. The highest BCUT2D eigenvalue weighted by Gasteiger charge is 2.37. The number of amides is 2. The largest absolute Gasteiger partial charge is 0.325 e. The average molecular weight is 348 g/mol. The number of nitrogens with zero attached hydrogens (tertiary/aromatic N) is 3. The van der Waals surface area contributed by atoms with E-state index in [9.17, 15) is 14.0 Å². The number of para-hydroxylation sites is 1. The lowest BCUT2D eigenvalue weighted by Gasteiger charge is -2.26. The van der Waals surface area contributed by atoms with Crippen LogP contribution in [0.15, 0.2) is 43.0 Å². The molecule has 2 unspecified atom stereocenters. The van der Waals surface area contributed by atoms with Gasteiger partial charge in [-0.25, -0.2) is 9.37 Å². The molecule has 126 valence electrons. The third-order valence-electron chi connectivity index (χ3n) is 3.93. The van der Waals surface area contributed by atoms with E-state index in [1.807, 2.05) is 0 Å². The quantitative estimate of drug-likeness (QED) is 0.919. The first kappa shape index (κ1) is 16.5. The normalized spacial score (nSPS) is 18.4. The second-order valence-electron chi connectivity index (χ2n) is 5.48. The lowest BCUT2D eigenvalue weighted by Crippen LogP contribution is -2.46. The molecule has 1 fully saturated rings. The van der Waals surface area contributed by atoms with Crippen LogP contribution in [0.2, 0.25) is 0 Å². The minimum Gasteiger partial charge on any atom is -0.325 e. The monoisotopic (exact) mass is 348 g/mol. The van der Waals surface area contributed by atoms with Crippen LogP contribution in [0.4, 0.5) is 10.1 Å². The summed E-state index contributed by atoms with van der Waals surface area (Å²) in [6.45, 7) is 1.76. The van der Waals surface area contributed by atoms with E-state index in [1.54, 1.807) is 42.3 Å². The Morgan fingerprint density at radius 2 is 2.21 bits per heavy atom. The molecule has 0 radical (unpaired) electrons. The summed E-state index contributed by atoms with van der Waals surface area (Å²) in [6.07, 6.45) is 4.88. The van der Waals surface area contributed by atoms with Gasteiger partial charge < -0.3 is 14.8 Å². The van der Waals surface area contributed by atoms with E-state index >= 15 is 0 Å². The van der Waals surface area contributed by atoms with Crippen LogP contribution in [0.1, 0.15) is 13.0 Å². The molecule has 6 nitrogen and oxygen atoms in total. The standard InChI is InChI=1S/C16H17FN4O2S/c1-11(20-7-6-18-9-20)16(23)21-10-24-8-14(21)15(22)19-13-5-3-2-4-12(13)17/h2-7,9,11,14H,8,10H2,1H3,(H,19,22). The first-order valence-corrected chi connectivity index (χ1v) is 8.64. The van der Waals surface area contributed by atoms with Gasteiger partial charge in [-0.1, -0.05) is 12.1 Å². The van der Waals surface area contributed by atoms with Crippen LogP contribution in [0.5, 0.6) is 0 Å². The molecule has 3 rings (SSSR count). The molecule has 0 saturated carbocycles. The average Bonchev–Trinajstić information content (AvgIpc) is 3.27. The summed E-state index contributed by atoms with van der Waals surface area (Å²) in [4.78, 5) is 30.6. The smallest absolute Gasteiger partial charge is 0.248 e. The third kappa shape index (κ3) is 3.28. The molecule has 24 heavy (non-hydrogen) atoms. The van der Waals surface area contributed by atoms with Crippen molar-refractivity contribution in [3.63, 3.8) is 0 Å². The molecule has 2 aromatic rings. The van der Waals surface area contributed by atoms with E-state index in [1.165, 1.54) is 28.8 Å². The Morgan fingerprint density at radius 3 is 2.92 bits per heavy atom. The van der Waals surface area contributed by atoms with E-state index in [4.69, 9.17) is 0 Å². The van der Waals surface area contributed by atoms with Crippen molar-refractivity contribution >= 4 is 29.3 Å². The summed E-state index contributed by atoms with van der Waals surface area (Å²) < 4.78 is 15.4. The van der Waals surface area contributed by atoms with Gasteiger partial charge in [0, 0.05) is 18.1 Å². The van der Waals surface area contributed by atoms with Gasteiger partial charge in [0.1, 0.15) is 17.9 Å². The molecule has 1 aliphatic rings. The molecule has 2 atom stereocenters. The molecular weight excluding hydrogens is 331 g/mol. The number of thioether (sulfide) groups is 1. The number of halogens is 1. The number of benzene rings is 1. The maximum Gasteiger partial charge on any atom is 0.248 e. The highest BCUT2D eigenvalue weighted by Crippen LogP contribution is 2.25. The number of carbonyl (C=O) groups is 2. The molecule has 0 bridgehead atoms. The fraction of sp³-hybridized carbons (Fsp3) is 0.312. The van der Waals surface area contributed by atoms with Crippen molar-refractivity contribution in [1.29, 1.82) is 0 Å². The van der Waals surface area contributed by atoms with Crippen LogP contribution in [0.3, 0.4) is 0 Å². The molecule has 1 aromatic heterocycles. The van der Waals surface area contributed by atoms with E-state index in [0.717, 1.165) is 0 Å². The Labute approximate surface area is 143 Å². The van der Waals surface area contributed by atoms with Crippen molar-refractivity contribution in [2.75, 3.05) is 16.9 Å². The molecule has 1 aromatic carbocycles. The van der Waals surface area contributed by atoms with Crippen LogP contribution in [0.25, 0.3) is 0 Å². The van der Waals surface area contributed by atoms with Gasteiger partial charge in [-0.2, -0.15) is 0 Å². The van der Waals surface area contributed by atoms with Crippen LogP contribution < -0.4 is 5.32 Å². The van der Waals surface area contributed by atoms with Gasteiger partial charge in [-0.15, -0.1) is 11.8 Å². The fourth-order valence-corrected chi connectivity index (χ4v) is 3.69. The number of carbonyl (C=O) groups excluding carboxylic acids is 2. The van der Waals surface area contributed by atoms with Crippen molar-refractivity contribution in [1.82, 2.24) is 14.5 Å². The lowest BCUT2D eigenvalue weighted by atomic mass is 10.2. The maximum atomic E-state index is 13.7. The van der Waals surface area contributed by atoms with Crippen LogP contribution in [-0.4, -0.2) is 43.9 Å². The number of aromatic nitrogens is 2. The van der Waals surface area contributed by atoms with Crippen molar-refractivity contribution in [2.45, 2.75) is 19.0 Å². The molecule has 8 heteroatoms. The van der Waals surface area contributed by atoms with Gasteiger partial charge in [-0.05, 0) is 19.1 Å². The van der Waals surface area contributed by atoms with Gasteiger partial charge in [0.15, 0.2) is 0 Å². The number of anilines is 1. The van der Waals surface area contributed by atoms with Gasteiger partial charge in [0.2, 0.25) is 11.8 Å². The van der Waals surface area contributed by atoms with Crippen LogP contribution >= 0.6 is 11.8 Å². The third-order valence-corrected chi connectivity index (χ3v) is 4.94. The molecule has 0 spiro atoms. The second kappa shape index (κ2) is 7.04. The Morgan fingerprint density at radius 1 is 1.42 bits per heavy atom. The number of imidazole rings is 1. The van der Waals surface area contributed by atoms with Crippen LogP contribution in [-0.2, 0) is 9.59 Å². The van der Waals surface area contributed by atoms with Crippen molar-refractivity contribution in [3.8, 4) is 0 Å². The zero-order chi connectivity index (χ0) is 17.1. The summed E-state index contributed by atoms with van der Waals surface area (Å²) in [5.74, 6) is -0.111. The first-order chi connectivity index (χ1) is 11.6. The Kier molecular flexibility index (Phi) is 4.84. The minimum absolute atomic E-state index is 0.120. The molecule has 2 heterocycles. The summed E-state index contributed by atoms with van der Waals surface area (Å²) in [6, 6.07) is 4.91. The molecule has 1 saturated heterocycles. The Hall–Kier alpha value is -2.35. The first-order valence-electron chi connectivity index (χ1n) is 7.49. The van der Waals surface area contributed by atoms with Crippen molar-refractivity contribution in [2.24, 2.45) is 0 Å². The number of hydrogen-bond acceptors (Lipinski definition) is 4. The van der Waals surface area contributed by atoms with E-state index in [2.05, 4.69) is 10.3 Å². The van der Waals surface area contributed by atoms with E-state index in [0.29, 0.717) is 11.6 Å². The van der Waals surface area contributed by atoms with E-state index in [-0.39, 0.29) is 17.5 Å². The van der Waals surface area contributed by atoms with Gasteiger partial charge in [0.05, 0.1) is 17.9 Å². The zero-order valence-electron chi connectivity index (χ0n) is 13.1. The zero-order valence-corrected chi connectivity index (χ0v) is 13.9. The Bertz CT molecular complexity index is 737. The second-order valence-corrected chi connectivity index (χ2v) is 6.48. The fourth-order valence-electron chi connectivity index (χ4n) is 2.52. The van der Waals surface area contributed by atoms with Gasteiger partial charge >= 0.3 is 0 Å². The topological polar surface area (TPSA) is 67.2 Å². The molecular formula is C16H17FN4O2S. The predicted octanol–water partition coefficient (Wildman–Crippen LogP) is 2.12. The summed E-state index contributed by atoms with van der Waals surface area (Å²) in [5.41, 5.74) is 0.120. The number of rotatable bonds is 4. The molecule has 1 aliphatic heterocycles. The number of nitrogens with one attached hydrogen (secondary N) is 1. The highest BCUT2D eigenvalue weighted by atomic mass is 32.2. The van der Waals surface area contributed by atoms with Gasteiger partial charge in [-0.3, -0.25) is 9.59 Å².